The number of fused-ring (bicyclic) bond motifs is 1. The predicted molar refractivity (Wildman–Crippen MR) is 123 cm³/mol. The van der Waals surface area contributed by atoms with Crippen molar-refractivity contribution in [1.82, 2.24) is 4.98 Å². The number of sulfonamides is 1. The first-order chi connectivity index (χ1) is 14.8. The lowest BCUT2D eigenvalue weighted by Crippen LogP contribution is -2.18. The van der Waals surface area contributed by atoms with Crippen LogP contribution in [-0.4, -0.2) is 19.3 Å². The number of nitrogens with one attached hydrogen (secondary N) is 2. The predicted octanol–water partition coefficient (Wildman–Crippen LogP) is 5.59. The van der Waals surface area contributed by atoms with Crippen LogP contribution in [-0.2, 0) is 10.0 Å². The molecule has 0 spiro atoms. The first-order valence-corrected chi connectivity index (χ1v) is 11.3. The fourth-order valence-electron chi connectivity index (χ4n) is 3.02. The Morgan fingerprint density at radius 1 is 0.839 bits per heavy atom. The smallest absolute Gasteiger partial charge is 0.261 e. The summed E-state index contributed by atoms with van der Waals surface area (Å²) in [6, 6.07) is 19.0. The third-order valence-electron chi connectivity index (χ3n) is 4.49. The molecule has 6 nitrogen and oxygen atoms in total. The highest BCUT2D eigenvalue weighted by molar-refractivity contribution is 7.92. The van der Waals surface area contributed by atoms with Gasteiger partial charge in [0.25, 0.3) is 15.9 Å². The van der Waals surface area contributed by atoms with Gasteiger partial charge in [-0.2, -0.15) is 0 Å². The number of carbonyl (C=O) groups is 1. The third-order valence-corrected chi connectivity index (χ3v) is 6.36. The Labute approximate surface area is 188 Å². The molecule has 0 fully saturated rings. The molecule has 0 radical (unpaired) electrons. The molecule has 9 heteroatoms. The summed E-state index contributed by atoms with van der Waals surface area (Å²) in [5, 5.41) is 4.27. The topological polar surface area (TPSA) is 88.2 Å². The number of halogens is 2. The van der Waals surface area contributed by atoms with Crippen LogP contribution in [0.2, 0.25) is 10.0 Å². The summed E-state index contributed by atoms with van der Waals surface area (Å²) in [7, 11) is -3.97. The van der Waals surface area contributed by atoms with E-state index in [0.29, 0.717) is 10.7 Å². The standard InChI is InChI=1S/C22H15Cl2N3O3S/c23-14-6-9-16(10-7-14)31(29,30)27-21-13-15(24)8-11-18(21)22(28)26-20-5-1-4-19-17(20)3-2-12-25-19/h1-13,27H,(H,26,28). The Kier molecular flexibility index (Phi) is 5.82. The molecule has 2 N–H and O–H groups in total. The highest BCUT2D eigenvalue weighted by atomic mass is 35.5. The maximum Gasteiger partial charge on any atom is 0.261 e. The molecule has 31 heavy (non-hydrogen) atoms. The molecular weight excluding hydrogens is 457 g/mol. The van der Waals surface area contributed by atoms with Gasteiger partial charge >= 0.3 is 0 Å². The van der Waals surface area contributed by atoms with Crippen LogP contribution < -0.4 is 10.0 Å². The van der Waals surface area contributed by atoms with Gasteiger partial charge in [-0.15, -0.1) is 0 Å². The van der Waals surface area contributed by atoms with Crippen molar-refractivity contribution in [2.75, 3.05) is 10.0 Å². The maximum atomic E-state index is 13.0. The van der Waals surface area contributed by atoms with Crippen molar-refractivity contribution in [2.45, 2.75) is 4.90 Å². The normalized spacial score (nSPS) is 11.3. The van der Waals surface area contributed by atoms with Crippen molar-refractivity contribution in [2.24, 2.45) is 0 Å². The van der Waals surface area contributed by atoms with Crippen LogP contribution in [0, 0.1) is 0 Å². The van der Waals surface area contributed by atoms with Crippen molar-refractivity contribution >= 4 is 61.4 Å². The fraction of sp³-hybridized carbons (Fsp3) is 0. The zero-order valence-corrected chi connectivity index (χ0v) is 18.2. The molecule has 1 aromatic heterocycles. The number of hydrogen-bond acceptors (Lipinski definition) is 4. The van der Waals surface area contributed by atoms with Gasteiger partial charge in [0.05, 0.1) is 27.4 Å². The minimum Gasteiger partial charge on any atom is -0.321 e. The highest BCUT2D eigenvalue weighted by Crippen LogP contribution is 2.27. The number of pyridine rings is 1. The second kappa shape index (κ2) is 8.55. The molecule has 0 unspecified atom stereocenters. The summed E-state index contributed by atoms with van der Waals surface area (Å²) in [6.45, 7) is 0. The summed E-state index contributed by atoms with van der Waals surface area (Å²) in [6.07, 6.45) is 1.66. The lowest BCUT2D eigenvalue weighted by molar-refractivity contribution is 0.102. The fourth-order valence-corrected chi connectivity index (χ4v) is 4.39. The van der Waals surface area contributed by atoms with E-state index in [2.05, 4.69) is 15.0 Å². The van der Waals surface area contributed by atoms with Crippen molar-refractivity contribution in [3.8, 4) is 0 Å². The molecular formula is C22H15Cl2N3O3S. The molecule has 1 heterocycles. The second-order valence-corrected chi connectivity index (χ2v) is 9.13. The van der Waals surface area contributed by atoms with Gasteiger partial charge in [-0.25, -0.2) is 8.42 Å². The average Bonchev–Trinajstić information content (AvgIpc) is 2.74. The van der Waals surface area contributed by atoms with Gasteiger partial charge in [-0.3, -0.25) is 14.5 Å². The molecule has 0 atom stereocenters. The molecule has 1 amide bonds. The largest absolute Gasteiger partial charge is 0.321 e. The SMILES string of the molecule is O=C(Nc1cccc2ncccc12)c1ccc(Cl)cc1NS(=O)(=O)c1ccc(Cl)cc1. The average molecular weight is 472 g/mol. The third kappa shape index (κ3) is 4.64. The number of benzene rings is 3. The molecule has 0 bridgehead atoms. The number of rotatable bonds is 5. The summed E-state index contributed by atoms with van der Waals surface area (Å²) in [5.41, 5.74) is 1.44. The summed E-state index contributed by atoms with van der Waals surface area (Å²) in [4.78, 5) is 17.3. The van der Waals surface area contributed by atoms with Crippen LogP contribution >= 0.6 is 23.2 Å². The number of nitrogens with zero attached hydrogens (tertiary/aromatic N) is 1. The molecule has 0 saturated carbocycles. The van der Waals surface area contributed by atoms with Crippen molar-refractivity contribution in [3.05, 3.63) is 94.6 Å². The van der Waals surface area contributed by atoms with Crippen LogP contribution in [0.3, 0.4) is 0 Å². The van der Waals surface area contributed by atoms with Gasteiger partial charge in [-0.1, -0.05) is 29.3 Å². The maximum absolute atomic E-state index is 13.0. The Morgan fingerprint density at radius 3 is 2.35 bits per heavy atom. The minimum absolute atomic E-state index is 0.00311. The molecule has 0 saturated heterocycles. The molecule has 0 aliphatic carbocycles. The van der Waals surface area contributed by atoms with E-state index < -0.39 is 15.9 Å². The van der Waals surface area contributed by atoms with E-state index in [0.717, 1.165) is 10.9 Å². The summed E-state index contributed by atoms with van der Waals surface area (Å²) in [5.74, 6) is -0.498. The quantitative estimate of drug-likeness (QED) is 0.396. The van der Waals surface area contributed by atoms with E-state index in [4.69, 9.17) is 23.2 Å². The molecule has 4 aromatic rings. The molecule has 0 aliphatic heterocycles. The Hall–Kier alpha value is -3.13. The van der Waals surface area contributed by atoms with Crippen LogP contribution in [0.1, 0.15) is 10.4 Å². The number of anilines is 2. The van der Waals surface area contributed by atoms with Crippen molar-refractivity contribution < 1.29 is 13.2 Å². The van der Waals surface area contributed by atoms with Crippen LogP contribution in [0.5, 0.6) is 0 Å². The molecule has 4 rings (SSSR count). The van der Waals surface area contributed by atoms with Gasteiger partial charge in [0.15, 0.2) is 0 Å². The molecule has 0 aliphatic rings. The van der Waals surface area contributed by atoms with Crippen LogP contribution in [0.15, 0.2) is 83.9 Å². The van der Waals surface area contributed by atoms with E-state index in [1.54, 1.807) is 24.4 Å². The zero-order chi connectivity index (χ0) is 22.0. The van der Waals surface area contributed by atoms with E-state index in [1.807, 2.05) is 12.1 Å². The first-order valence-electron chi connectivity index (χ1n) is 9.06. The molecule has 156 valence electrons. The minimum atomic E-state index is -3.97. The van der Waals surface area contributed by atoms with Gasteiger partial charge in [0, 0.05) is 21.6 Å². The Balaban J connectivity index is 1.68. The highest BCUT2D eigenvalue weighted by Gasteiger charge is 2.20. The number of aromatic nitrogens is 1. The van der Waals surface area contributed by atoms with E-state index in [9.17, 15) is 13.2 Å². The van der Waals surface area contributed by atoms with Crippen LogP contribution in [0.4, 0.5) is 11.4 Å². The number of amides is 1. The number of carbonyl (C=O) groups excluding carboxylic acids is 1. The monoisotopic (exact) mass is 471 g/mol. The van der Waals surface area contributed by atoms with Gasteiger partial charge < -0.3 is 5.32 Å². The Bertz CT molecular complexity index is 1390. The van der Waals surface area contributed by atoms with Gasteiger partial charge in [0.2, 0.25) is 0 Å². The summed E-state index contributed by atoms with van der Waals surface area (Å²) >= 11 is 11.9. The van der Waals surface area contributed by atoms with E-state index >= 15 is 0 Å². The Morgan fingerprint density at radius 2 is 1.58 bits per heavy atom. The van der Waals surface area contributed by atoms with Gasteiger partial charge in [-0.05, 0) is 66.7 Å². The molecule has 3 aromatic carbocycles. The zero-order valence-electron chi connectivity index (χ0n) is 15.8. The van der Waals surface area contributed by atoms with E-state index in [1.165, 1.54) is 42.5 Å². The van der Waals surface area contributed by atoms with Crippen molar-refractivity contribution in [3.63, 3.8) is 0 Å². The van der Waals surface area contributed by atoms with Crippen molar-refractivity contribution in [1.29, 1.82) is 0 Å². The summed E-state index contributed by atoms with van der Waals surface area (Å²) < 4.78 is 28.0. The van der Waals surface area contributed by atoms with Crippen LogP contribution in [0.25, 0.3) is 10.9 Å². The van der Waals surface area contributed by atoms with Gasteiger partial charge in [0.1, 0.15) is 0 Å². The van der Waals surface area contributed by atoms with E-state index in [-0.39, 0.29) is 21.2 Å². The first kappa shape index (κ1) is 21.1. The number of hydrogen-bond donors (Lipinski definition) is 2. The lowest BCUT2D eigenvalue weighted by atomic mass is 10.1. The lowest BCUT2D eigenvalue weighted by Gasteiger charge is -2.14. The second-order valence-electron chi connectivity index (χ2n) is 6.58.